The highest BCUT2D eigenvalue weighted by Gasteiger charge is 2.15. The molecule has 0 radical (unpaired) electrons. The van der Waals surface area contributed by atoms with E-state index in [1.54, 1.807) is 13.8 Å². The molecule has 5 nitrogen and oxygen atoms in total. The van der Waals surface area contributed by atoms with Gasteiger partial charge in [0.1, 0.15) is 0 Å². The minimum absolute atomic E-state index is 0.0661. The predicted molar refractivity (Wildman–Crippen MR) is 54.2 cm³/mol. The number of rotatable bonds is 6. The third-order valence-electron chi connectivity index (χ3n) is 1.78. The minimum atomic E-state index is -0.545. The molecule has 0 aromatic heterocycles. The number of Topliss-reactive ketones (excluding diaryl/α,β-unsaturated/α-hetero) is 1. The molecule has 1 N–H and O–H groups in total. The van der Waals surface area contributed by atoms with Gasteiger partial charge < -0.3 is 10.1 Å². The summed E-state index contributed by atoms with van der Waals surface area (Å²) in [6, 6.07) is -0.545. The summed E-state index contributed by atoms with van der Waals surface area (Å²) in [5.41, 5.74) is 0. The topological polar surface area (TPSA) is 72.5 Å². The zero-order chi connectivity index (χ0) is 11.8. The molecule has 1 unspecified atom stereocenters. The van der Waals surface area contributed by atoms with Crippen molar-refractivity contribution < 1.29 is 19.1 Å². The van der Waals surface area contributed by atoms with Crippen molar-refractivity contribution in [1.29, 1.82) is 0 Å². The van der Waals surface area contributed by atoms with Crippen LogP contribution in [0.5, 0.6) is 0 Å². The van der Waals surface area contributed by atoms with Crippen LogP contribution in [0.25, 0.3) is 0 Å². The monoisotopic (exact) mass is 215 g/mol. The molecule has 86 valence electrons. The molecule has 1 amide bonds. The van der Waals surface area contributed by atoms with E-state index in [0.717, 1.165) is 0 Å². The first-order valence-corrected chi connectivity index (χ1v) is 4.92. The molecule has 15 heavy (non-hydrogen) atoms. The second kappa shape index (κ2) is 6.98. The van der Waals surface area contributed by atoms with E-state index >= 15 is 0 Å². The predicted octanol–water partition coefficient (Wildman–Crippen LogP) is 0.423. The van der Waals surface area contributed by atoms with Gasteiger partial charge in [0.05, 0.1) is 19.1 Å². The Kier molecular flexibility index (Phi) is 6.33. The SMILES string of the molecule is CCOC(=O)CCC(=O)C(C)NC(C)=O. The Labute approximate surface area is 89.2 Å². The van der Waals surface area contributed by atoms with Crippen molar-refractivity contribution in [3.8, 4) is 0 Å². The molecule has 0 saturated carbocycles. The van der Waals surface area contributed by atoms with E-state index in [4.69, 9.17) is 0 Å². The second-order valence-electron chi connectivity index (χ2n) is 3.19. The summed E-state index contributed by atoms with van der Waals surface area (Å²) in [5.74, 6) is -0.814. The van der Waals surface area contributed by atoms with Crippen molar-refractivity contribution in [2.45, 2.75) is 39.7 Å². The molecule has 1 atom stereocenters. The molecule has 0 heterocycles. The fourth-order valence-electron chi connectivity index (χ4n) is 1.06. The van der Waals surface area contributed by atoms with Crippen LogP contribution in [-0.2, 0) is 19.1 Å². The van der Waals surface area contributed by atoms with Gasteiger partial charge in [0.25, 0.3) is 0 Å². The van der Waals surface area contributed by atoms with Gasteiger partial charge in [0.15, 0.2) is 5.78 Å². The van der Waals surface area contributed by atoms with E-state index in [1.165, 1.54) is 6.92 Å². The van der Waals surface area contributed by atoms with Gasteiger partial charge in [-0.15, -0.1) is 0 Å². The normalized spacial score (nSPS) is 11.7. The summed E-state index contributed by atoms with van der Waals surface area (Å²) < 4.78 is 4.67. The van der Waals surface area contributed by atoms with Crippen molar-refractivity contribution in [1.82, 2.24) is 5.32 Å². The lowest BCUT2D eigenvalue weighted by Gasteiger charge is -2.10. The van der Waals surface area contributed by atoms with Gasteiger partial charge in [-0.25, -0.2) is 0 Å². The van der Waals surface area contributed by atoms with E-state index in [1.807, 2.05) is 0 Å². The molecule has 0 fully saturated rings. The molecular weight excluding hydrogens is 198 g/mol. The quantitative estimate of drug-likeness (QED) is 0.652. The molecule has 0 spiro atoms. The number of hydrogen-bond donors (Lipinski definition) is 1. The first kappa shape index (κ1) is 13.6. The largest absolute Gasteiger partial charge is 0.466 e. The van der Waals surface area contributed by atoms with Crippen molar-refractivity contribution in [3.63, 3.8) is 0 Å². The Morgan fingerprint density at radius 2 is 1.87 bits per heavy atom. The smallest absolute Gasteiger partial charge is 0.306 e. The average Bonchev–Trinajstić information content (AvgIpc) is 2.13. The van der Waals surface area contributed by atoms with E-state index in [2.05, 4.69) is 10.1 Å². The van der Waals surface area contributed by atoms with Crippen LogP contribution in [0.15, 0.2) is 0 Å². The van der Waals surface area contributed by atoms with Crippen LogP contribution in [0.3, 0.4) is 0 Å². The number of amides is 1. The lowest BCUT2D eigenvalue weighted by molar-refractivity contribution is -0.144. The van der Waals surface area contributed by atoms with Gasteiger partial charge >= 0.3 is 5.97 Å². The van der Waals surface area contributed by atoms with Crippen LogP contribution in [-0.4, -0.2) is 30.3 Å². The van der Waals surface area contributed by atoms with Gasteiger partial charge in [-0.1, -0.05) is 0 Å². The highest BCUT2D eigenvalue weighted by Crippen LogP contribution is 1.98. The maximum Gasteiger partial charge on any atom is 0.306 e. The Morgan fingerprint density at radius 1 is 1.27 bits per heavy atom. The average molecular weight is 215 g/mol. The molecule has 5 heteroatoms. The summed E-state index contributed by atoms with van der Waals surface area (Å²) in [5, 5.41) is 2.46. The summed E-state index contributed by atoms with van der Waals surface area (Å²) in [6.07, 6.45) is 0.164. The van der Waals surface area contributed by atoms with Gasteiger partial charge in [-0.3, -0.25) is 14.4 Å². The van der Waals surface area contributed by atoms with Crippen LogP contribution >= 0.6 is 0 Å². The molecule has 0 aromatic rings. The molecule has 0 aliphatic rings. The van der Waals surface area contributed by atoms with Crippen LogP contribution in [0, 0.1) is 0 Å². The molecule has 0 aliphatic carbocycles. The number of ether oxygens (including phenoxy) is 1. The van der Waals surface area contributed by atoms with Gasteiger partial charge in [-0.2, -0.15) is 0 Å². The van der Waals surface area contributed by atoms with E-state index in [0.29, 0.717) is 6.61 Å². The first-order chi connectivity index (χ1) is 6.97. The lowest BCUT2D eigenvalue weighted by Crippen LogP contribution is -2.37. The van der Waals surface area contributed by atoms with Crippen molar-refractivity contribution >= 4 is 17.7 Å². The fraction of sp³-hybridized carbons (Fsp3) is 0.700. The van der Waals surface area contributed by atoms with Crippen molar-refractivity contribution in [2.75, 3.05) is 6.61 Å². The van der Waals surface area contributed by atoms with Crippen LogP contribution in [0.2, 0.25) is 0 Å². The Morgan fingerprint density at radius 3 is 2.33 bits per heavy atom. The molecular formula is C10H17NO4. The van der Waals surface area contributed by atoms with Crippen molar-refractivity contribution in [2.24, 2.45) is 0 Å². The zero-order valence-electron chi connectivity index (χ0n) is 9.33. The number of carbonyl (C=O) groups is 3. The van der Waals surface area contributed by atoms with E-state index in [9.17, 15) is 14.4 Å². The first-order valence-electron chi connectivity index (χ1n) is 4.92. The number of nitrogens with one attached hydrogen (secondary N) is 1. The standard InChI is InChI=1S/C10H17NO4/c1-4-15-10(14)6-5-9(13)7(2)11-8(3)12/h7H,4-6H2,1-3H3,(H,11,12). The number of carbonyl (C=O) groups excluding carboxylic acids is 3. The van der Waals surface area contributed by atoms with Crippen LogP contribution in [0.1, 0.15) is 33.6 Å². The number of hydrogen-bond acceptors (Lipinski definition) is 4. The third kappa shape index (κ3) is 6.65. The summed E-state index contributed by atoms with van der Waals surface area (Å²) >= 11 is 0. The van der Waals surface area contributed by atoms with E-state index in [-0.39, 0.29) is 30.5 Å². The number of esters is 1. The molecule has 0 rings (SSSR count). The minimum Gasteiger partial charge on any atom is -0.466 e. The molecule has 0 aliphatic heterocycles. The highest BCUT2D eigenvalue weighted by atomic mass is 16.5. The zero-order valence-corrected chi connectivity index (χ0v) is 9.33. The fourth-order valence-corrected chi connectivity index (χ4v) is 1.06. The van der Waals surface area contributed by atoms with Crippen molar-refractivity contribution in [3.05, 3.63) is 0 Å². The maximum absolute atomic E-state index is 11.4. The Hall–Kier alpha value is -1.39. The summed E-state index contributed by atoms with van der Waals surface area (Å²) in [7, 11) is 0. The third-order valence-corrected chi connectivity index (χ3v) is 1.78. The second-order valence-corrected chi connectivity index (χ2v) is 3.19. The van der Waals surface area contributed by atoms with Crippen LogP contribution < -0.4 is 5.32 Å². The summed E-state index contributed by atoms with van der Waals surface area (Å²) in [4.78, 5) is 32.9. The number of ketones is 1. The molecule has 0 bridgehead atoms. The maximum atomic E-state index is 11.4. The van der Waals surface area contributed by atoms with Gasteiger partial charge in [0, 0.05) is 13.3 Å². The lowest BCUT2D eigenvalue weighted by atomic mass is 10.1. The Bertz CT molecular complexity index is 250. The van der Waals surface area contributed by atoms with Gasteiger partial charge in [-0.05, 0) is 13.8 Å². The Balaban J connectivity index is 3.82. The van der Waals surface area contributed by atoms with Gasteiger partial charge in [0.2, 0.25) is 5.91 Å². The highest BCUT2D eigenvalue weighted by molar-refractivity contribution is 5.89. The van der Waals surface area contributed by atoms with E-state index < -0.39 is 6.04 Å². The summed E-state index contributed by atoms with van der Waals surface area (Å²) in [6.45, 7) is 4.96. The molecule has 0 saturated heterocycles. The molecule has 0 aromatic carbocycles. The van der Waals surface area contributed by atoms with Crippen LogP contribution in [0.4, 0.5) is 0 Å².